The minimum atomic E-state index is -0.180. The van der Waals surface area contributed by atoms with E-state index < -0.39 is 0 Å². The number of carbonyl (C=O) groups is 3. The van der Waals surface area contributed by atoms with Crippen molar-refractivity contribution in [2.75, 3.05) is 50.0 Å². The van der Waals surface area contributed by atoms with Crippen molar-refractivity contribution < 1.29 is 38.1 Å². The first kappa shape index (κ1) is 71.2. The first-order valence-corrected chi connectivity index (χ1v) is 29.4. The van der Waals surface area contributed by atoms with Gasteiger partial charge in [-0.25, -0.2) is 0 Å². The Kier molecular flexibility index (Phi) is 74.7. The Hall–Kier alpha value is -2.31. The molecular weight excluding hydrogens is 925 g/mol. The number of hydrogen-bond donors (Lipinski definition) is 0. The van der Waals surface area contributed by atoms with Gasteiger partial charge in [0.15, 0.2) is 17.8 Å². The zero-order valence-electron chi connectivity index (χ0n) is 42.5. The third-order valence-corrected chi connectivity index (χ3v) is 11.5. The van der Waals surface area contributed by atoms with E-state index in [9.17, 15) is 14.4 Å². The Morgan fingerprint density at radius 1 is 0.328 bits per heavy atom. The molecule has 0 saturated carbocycles. The molecule has 0 aromatic rings. The Balaban J connectivity index is -0.000000398. The number of nitriles is 4. The summed E-state index contributed by atoms with van der Waals surface area (Å²) in [5.74, 6) is 0.680. The van der Waals surface area contributed by atoms with Gasteiger partial charge < -0.3 is 23.7 Å². The van der Waals surface area contributed by atoms with E-state index in [1.54, 1.807) is 0 Å². The number of ether oxygens (including phenoxy) is 5. The van der Waals surface area contributed by atoms with E-state index >= 15 is 0 Å². The highest BCUT2D eigenvalue weighted by molar-refractivity contribution is 8.04. The van der Waals surface area contributed by atoms with Crippen molar-refractivity contribution in [2.45, 2.75) is 233 Å². The monoisotopic (exact) mass is 1020 g/mol. The van der Waals surface area contributed by atoms with Crippen molar-refractivity contribution in [1.82, 2.24) is 0 Å². The van der Waals surface area contributed by atoms with Crippen LogP contribution in [0.3, 0.4) is 0 Å². The van der Waals surface area contributed by atoms with Crippen molar-refractivity contribution in [3.05, 3.63) is 0 Å². The fourth-order valence-corrected chi connectivity index (χ4v) is 7.06. The van der Waals surface area contributed by atoms with Gasteiger partial charge in [0.25, 0.3) is 0 Å². The molecule has 16 heteroatoms. The molecule has 0 spiro atoms. The molecule has 0 unspecified atom stereocenters. The zero-order valence-corrected chi connectivity index (χ0v) is 45.7. The second kappa shape index (κ2) is 70.3. The highest BCUT2D eigenvalue weighted by Crippen LogP contribution is 2.14. The van der Waals surface area contributed by atoms with E-state index in [1.807, 2.05) is 21.6 Å². The molecule has 0 aromatic heterocycles. The molecule has 0 aliphatic rings. The van der Waals surface area contributed by atoms with Gasteiger partial charge in [0.2, 0.25) is 0 Å². The smallest absolute Gasteiger partial charge is 0.306 e. The van der Waals surface area contributed by atoms with Gasteiger partial charge in [0.05, 0.1) is 19.8 Å². The van der Waals surface area contributed by atoms with Gasteiger partial charge in [-0.3, -0.25) is 14.4 Å². The Labute approximate surface area is 426 Å². The predicted octanol–water partition coefficient (Wildman–Crippen LogP) is 15.9. The fraction of sp³-hybridized carbons (Fsp3) is 0.863. The van der Waals surface area contributed by atoms with Crippen LogP contribution < -0.4 is 0 Å². The molecule has 0 heterocycles. The maximum Gasteiger partial charge on any atom is 0.306 e. The largest absolute Gasteiger partial charge is 0.454 e. The number of nitrogens with zero attached hydrogens (tertiary/aromatic N) is 4. The number of carbonyl (C=O) groups excluding carboxylic acids is 3. The van der Waals surface area contributed by atoms with Crippen LogP contribution in [-0.4, -0.2) is 67.9 Å². The molecular formula is C51H92N4O8S4. The summed E-state index contributed by atoms with van der Waals surface area (Å²) in [5.41, 5.74) is 0. The van der Waals surface area contributed by atoms with E-state index in [0.29, 0.717) is 39.1 Å². The van der Waals surface area contributed by atoms with E-state index in [2.05, 4.69) is 27.7 Å². The lowest BCUT2D eigenvalue weighted by molar-refractivity contribution is -0.142. The van der Waals surface area contributed by atoms with Gasteiger partial charge in [0.1, 0.15) is 21.6 Å². The molecule has 0 saturated heterocycles. The quantitative estimate of drug-likeness (QED) is 0.0184. The lowest BCUT2D eigenvalue weighted by Crippen LogP contribution is -2.06. The third-order valence-electron chi connectivity index (χ3n) is 9.89. The average molecular weight is 1020 g/mol. The molecule has 0 aliphatic heterocycles. The summed E-state index contributed by atoms with van der Waals surface area (Å²) in [6, 6.07) is 0. The summed E-state index contributed by atoms with van der Waals surface area (Å²) in [6.07, 6.45) is 37.3. The molecule has 0 aliphatic carbocycles. The highest BCUT2D eigenvalue weighted by Gasteiger charge is 2.04. The summed E-state index contributed by atoms with van der Waals surface area (Å²) in [7, 11) is 0. The molecule has 67 heavy (non-hydrogen) atoms. The molecule has 0 N–H and O–H groups in total. The average Bonchev–Trinajstić information content (AvgIpc) is 3.33. The number of thiocyanates is 4. The normalized spacial score (nSPS) is 9.97. The standard InChI is InChI=1S/3C14H25NO2S.C9H17NO2S/c3*1-2-3-4-5-6-7-8-9-10-11-14(16)17-13-18-12-15;1-2-3-4-11-5-6-12-7-8-13-9-10/h3*2-11,13H2,1H3;2-8H2,1H3. The molecule has 0 rings (SSSR count). The maximum absolute atomic E-state index is 11.2. The van der Waals surface area contributed by atoms with Crippen LogP contribution in [0.15, 0.2) is 0 Å². The van der Waals surface area contributed by atoms with Crippen molar-refractivity contribution >= 4 is 65.0 Å². The zero-order chi connectivity index (χ0) is 50.2. The molecule has 12 nitrogen and oxygen atoms in total. The van der Waals surface area contributed by atoms with Crippen molar-refractivity contribution in [3.63, 3.8) is 0 Å². The van der Waals surface area contributed by atoms with Crippen LogP contribution in [0.4, 0.5) is 0 Å². The number of unbranched alkanes of at least 4 members (excludes halogenated alkanes) is 25. The Morgan fingerprint density at radius 3 is 0.851 bits per heavy atom. The van der Waals surface area contributed by atoms with Crippen LogP contribution in [0.5, 0.6) is 0 Å². The van der Waals surface area contributed by atoms with Gasteiger partial charge in [-0.05, 0) is 72.7 Å². The highest BCUT2D eigenvalue weighted by atomic mass is 32.2. The van der Waals surface area contributed by atoms with Crippen LogP contribution in [-0.2, 0) is 38.1 Å². The molecule has 388 valence electrons. The van der Waals surface area contributed by atoms with Gasteiger partial charge in [0, 0.05) is 31.6 Å². The van der Waals surface area contributed by atoms with E-state index in [-0.39, 0.29) is 35.7 Å². The fourth-order valence-electron chi connectivity index (χ4n) is 6.04. The predicted molar refractivity (Wildman–Crippen MR) is 283 cm³/mol. The minimum absolute atomic E-state index is 0.159. The first-order chi connectivity index (χ1) is 32.8. The minimum Gasteiger partial charge on any atom is -0.454 e. The molecule has 0 radical (unpaired) electrons. The van der Waals surface area contributed by atoms with Gasteiger partial charge >= 0.3 is 17.9 Å². The van der Waals surface area contributed by atoms with Gasteiger partial charge in [-0.2, -0.15) is 21.0 Å². The second-order valence-corrected chi connectivity index (χ2v) is 18.9. The van der Waals surface area contributed by atoms with Crippen LogP contribution in [0.1, 0.15) is 233 Å². The number of esters is 3. The van der Waals surface area contributed by atoms with E-state index in [1.165, 1.54) is 153 Å². The molecule has 0 atom stereocenters. The van der Waals surface area contributed by atoms with Crippen LogP contribution in [0.25, 0.3) is 0 Å². The summed E-state index contributed by atoms with van der Waals surface area (Å²) in [4.78, 5) is 33.5. The van der Waals surface area contributed by atoms with Crippen molar-refractivity contribution in [3.8, 4) is 21.6 Å². The van der Waals surface area contributed by atoms with Crippen LogP contribution in [0.2, 0.25) is 0 Å². The lowest BCUT2D eigenvalue weighted by Gasteiger charge is -2.03. The van der Waals surface area contributed by atoms with Gasteiger partial charge in [-0.15, -0.1) is 0 Å². The third kappa shape index (κ3) is 78.2. The molecule has 0 amide bonds. The summed E-state index contributed by atoms with van der Waals surface area (Å²) < 4.78 is 25.1. The summed E-state index contributed by atoms with van der Waals surface area (Å²) in [6.45, 7) is 11.6. The van der Waals surface area contributed by atoms with Crippen LogP contribution in [0, 0.1) is 42.7 Å². The van der Waals surface area contributed by atoms with E-state index in [4.69, 9.17) is 44.7 Å². The second-order valence-electron chi connectivity index (χ2n) is 15.9. The number of hydrogen-bond acceptors (Lipinski definition) is 16. The summed E-state index contributed by atoms with van der Waals surface area (Å²) >= 11 is 4.09. The Bertz CT molecular complexity index is 1090. The molecule has 0 aromatic carbocycles. The van der Waals surface area contributed by atoms with E-state index in [0.717, 1.165) is 92.6 Å². The summed E-state index contributed by atoms with van der Waals surface area (Å²) in [5, 5.41) is 40.5. The van der Waals surface area contributed by atoms with Crippen molar-refractivity contribution in [2.24, 2.45) is 0 Å². The molecule has 0 fully saturated rings. The number of rotatable bonds is 45. The Morgan fingerprint density at radius 2 is 0.582 bits per heavy atom. The lowest BCUT2D eigenvalue weighted by atomic mass is 10.1. The topological polar surface area (TPSA) is 193 Å². The first-order valence-electron chi connectivity index (χ1n) is 25.5. The molecule has 0 bridgehead atoms. The van der Waals surface area contributed by atoms with Gasteiger partial charge in [-0.1, -0.05) is 188 Å². The van der Waals surface area contributed by atoms with Crippen molar-refractivity contribution in [1.29, 1.82) is 21.0 Å². The van der Waals surface area contributed by atoms with Crippen LogP contribution >= 0.6 is 47.0 Å². The SMILES string of the molecule is CCCCCCCCCCCC(=O)OCSC#N.CCCCCCCCCCCC(=O)OCSC#N.CCCCCCCCCCCC(=O)OCSC#N.CCCCOCCOCCSC#N. The maximum atomic E-state index is 11.2. The number of thioether (sulfide) groups is 4.